The Labute approximate surface area is 122 Å². The molecule has 0 fully saturated rings. The Morgan fingerprint density at radius 1 is 0.750 bits per heavy atom. The summed E-state index contributed by atoms with van der Waals surface area (Å²) >= 11 is 0. The van der Waals surface area contributed by atoms with Crippen molar-refractivity contribution in [3.8, 4) is 11.1 Å². The van der Waals surface area contributed by atoms with Crippen molar-refractivity contribution in [1.29, 1.82) is 0 Å². The summed E-state index contributed by atoms with van der Waals surface area (Å²) in [5, 5.41) is 0. The number of aryl methyl sites for hydroxylation is 1. The normalized spacial score (nSPS) is 10.7. The van der Waals surface area contributed by atoms with Crippen LogP contribution >= 0.6 is 0 Å². The molecule has 0 atom stereocenters. The van der Waals surface area contributed by atoms with Crippen LogP contribution in [0.3, 0.4) is 0 Å². The number of nitrogens with zero attached hydrogens (tertiary/aromatic N) is 2. The van der Waals surface area contributed by atoms with E-state index in [0.717, 1.165) is 5.56 Å². The van der Waals surface area contributed by atoms with Gasteiger partial charge in [-0.15, -0.1) is 0 Å². The molecule has 1 aromatic heterocycles. The quantitative estimate of drug-likeness (QED) is 0.626. The molecule has 0 aliphatic heterocycles. The maximum atomic E-state index is 4.06. The highest BCUT2D eigenvalue weighted by Gasteiger charge is 1.99. The molecule has 0 N–H and O–H groups in total. The van der Waals surface area contributed by atoms with Crippen LogP contribution in [-0.4, -0.2) is 9.97 Å². The number of hydrogen-bond acceptors (Lipinski definition) is 2. The van der Waals surface area contributed by atoms with Crippen LogP contribution < -0.4 is 0 Å². The molecule has 106 valence electrons. The van der Waals surface area contributed by atoms with Gasteiger partial charge in [0.25, 0.3) is 0 Å². The van der Waals surface area contributed by atoms with Gasteiger partial charge in [0.1, 0.15) is 6.33 Å². The molecule has 0 unspecified atom stereocenters. The van der Waals surface area contributed by atoms with Crippen molar-refractivity contribution in [3.05, 3.63) is 48.5 Å². The van der Waals surface area contributed by atoms with Gasteiger partial charge < -0.3 is 0 Å². The highest BCUT2D eigenvalue weighted by atomic mass is 14.8. The van der Waals surface area contributed by atoms with Crippen LogP contribution in [0.15, 0.2) is 43.0 Å². The van der Waals surface area contributed by atoms with Gasteiger partial charge in [0.05, 0.1) is 0 Å². The molecular weight excluding hydrogens is 244 g/mol. The Morgan fingerprint density at radius 2 is 1.40 bits per heavy atom. The number of aromatic nitrogens is 2. The predicted octanol–water partition coefficient (Wildman–Crippen LogP) is 5.05. The van der Waals surface area contributed by atoms with E-state index in [0.29, 0.717) is 0 Å². The summed E-state index contributed by atoms with van der Waals surface area (Å²) in [6.07, 6.45) is 14.6. The summed E-state index contributed by atoms with van der Waals surface area (Å²) < 4.78 is 0. The summed E-state index contributed by atoms with van der Waals surface area (Å²) in [5.74, 6) is 0. The van der Waals surface area contributed by atoms with E-state index in [2.05, 4.69) is 41.2 Å². The monoisotopic (exact) mass is 268 g/mol. The van der Waals surface area contributed by atoms with Crippen LogP contribution in [-0.2, 0) is 6.42 Å². The van der Waals surface area contributed by atoms with Crippen LogP contribution in [0.4, 0.5) is 0 Å². The van der Waals surface area contributed by atoms with Crippen molar-refractivity contribution in [2.24, 2.45) is 0 Å². The van der Waals surface area contributed by atoms with Crippen LogP contribution in [0.2, 0.25) is 0 Å². The Kier molecular flexibility index (Phi) is 6.22. The zero-order valence-corrected chi connectivity index (χ0v) is 12.4. The lowest BCUT2D eigenvalue weighted by Gasteiger charge is -2.04. The van der Waals surface area contributed by atoms with E-state index >= 15 is 0 Å². The van der Waals surface area contributed by atoms with Crippen LogP contribution in [0.1, 0.15) is 51.0 Å². The van der Waals surface area contributed by atoms with Gasteiger partial charge in [0, 0.05) is 18.0 Å². The zero-order chi connectivity index (χ0) is 14.0. The minimum absolute atomic E-state index is 1.08. The summed E-state index contributed by atoms with van der Waals surface area (Å²) in [7, 11) is 0. The summed E-state index contributed by atoms with van der Waals surface area (Å²) in [6.45, 7) is 2.26. The fourth-order valence-corrected chi connectivity index (χ4v) is 2.42. The molecular formula is C18H24N2. The average molecular weight is 268 g/mol. The number of hydrogen-bond donors (Lipinski definition) is 0. The molecule has 2 aromatic rings. The van der Waals surface area contributed by atoms with Gasteiger partial charge in [0.15, 0.2) is 0 Å². The van der Waals surface area contributed by atoms with Crippen molar-refractivity contribution < 1.29 is 0 Å². The van der Waals surface area contributed by atoms with Gasteiger partial charge in [-0.1, -0.05) is 63.3 Å². The molecule has 0 saturated heterocycles. The lowest BCUT2D eigenvalue weighted by Crippen LogP contribution is -1.87. The number of unbranched alkanes of at least 4 members (excludes halogenated alkanes) is 5. The summed E-state index contributed by atoms with van der Waals surface area (Å²) in [4.78, 5) is 8.11. The molecule has 0 amide bonds. The SMILES string of the molecule is CCCCCCCCc1ccc(-c2cncnc2)cc1. The first-order chi connectivity index (χ1) is 9.90. The van der Waals surface area contributed by atoms with Gasteiger partial charge in [-0.2, -0.15) is 0 Å². The fraction of sp³-hybridized carbons (Fsp3) is 0.444. The molecule has 0 spiro atoms. The van der Waals surface area contributed by atoms with Crippen molar-refractivity contribution in [1.82, 2.24) is 9.97 Å². The van der Waals surface area contributed by atoms with Crippen LogP contribution in [0.25, 0.3) is 11.1 Å². The van der Waals surface area contributed by atoms with E-state index in [1.165, 1.54) is 56.1 Å². The maximum absolute atomic E-state index is 4.06. The van der Waals surface area contributed by atoms with E-state index in [1.807, 2.05) is 12.4 Å². The van der Waals surface area contributed by atoms with Crippen molar-refractivity contribution >= 4 is 0 Å². The van der Waals surface area contributed by atoms with E-state index in [-0.39, 0.29) is 0 Å². The molecule has 2 rings (SSSR count). The van der Waals surface area contributed by atoms with Gasteiger partial charge in [-0.3, -0.25) is 0 Å². The lowest BCUT2D eigenvalue weighted by atomic mass is 10.0. The Bertz CT molecular complexity index is 477. The first-order valence-corrected chi connectivity index (χ1v) is 7.74. The van der Waals surface area contributed by atoms with Gasteiger partial charge in [-0.25, -0.2) is 9.97 Å². The molecule has 1 heterocycles. The molecule has 2 heteroatoms. The minimum atomic E-state index is 1.08. The molecule has 0 aliphatic carbocycles. The lowest BCUT2D eigenvalue weighted by molar-refractivity contribution is 0.607. The highest BCUT2D eigenvalue weighted by Crippen LogP contribution is 2.18. The number of benzene rings is 1. The second-order valence-corrected chi connectivity index (χ2v) is 5.34. The van der Waals surface area contributed by atoms with E-state index < -0.39 is 0 Å². The molecule has 1 aromatic carbocycles. The zero-order valence-electron chi connectivity index (χ0n) is 12.4. The third kappa shape index (κ3) is 4.76. The van der Waals surface area contributed by atoms with Crippen LogP contribution in [0.5, 0.6) is 0 Å². The Hall–Kier alpha value is -1.70. The molecule has 20 heavy (non-hydrogen) atoms. The topological polar surface area (TPSA) is 25.8 Å². The van der Waals surface area contributed by atoms with Gasteiger partial charge in [0.2, 0.25) is 0 Å². The molecule has 0 aliphatic rings. The standard InChI is InChI=1S/C18H24N2/c1-2-3-4-5-6-7-8-16-9-11-17(12-10-16)18-13-19-15-20-14-18/h9-15H,2-8H2,1H3. The third-order valence-electron chi connectivity index (χ3n) is 3.67. The van der Waals surface area contributed by atoms with Crippen molar-refractivity contribution in [3.63, 3.8) is 0 Å². The second kappa shape index (κ2) is 8.47. The first kappa shape index (κ1) is 14.7. The average Bonchev–Trinajstić information content (AvgIpc) is 2.52. The molecule has 0 radical (unpaired) electrons. The summed E-state index contributed by atoms with van der Waals surface area (Å²) in [5.41, 5.74) is 3.71. The first-order valence-electron chi connectivity index (χ1n) is 7.74. The van der Waals surface area contributed by atoms with Gasteiger partial charge in [-0.05, 0) is 24.0 Å². The van der Waals surface area contributed by atoms with Gasteiger partial charge >= 0.3 is 0 Å². The van der Waals surface area contributed by atoms with E-state index in [4.69, 9.17) is 0 Å². The van der Waals surface area contributed by atoms with E-state index in [9.17, 15) is 0 Å². The van der Waals surface area contributed by atoms with E-state index in [1.54, 1.807) is 6.33 Å². The Balaban J connectivity index is 1.77. The number of rotatable bonds is 8. The molecule has 0 bridgehead atoms. The fourth-order valence-electron chi connectivity index (χ4n) is 2.42. The second-order valence-electron chi connectivity index (χ2n) is 5.34. The molecule has 2 nitrogen and oxygen atoms in total. The smallest absolute Gasteiger partial charge is 0.115 e. The summed E-state index contributed by atoms with van der Waals surface area (Å²) in [6, 6.07) is 8.80. The Morgan fingerprint density at radius 3 is 2.10 bits per heavy atom. The highest BCUT2D eigenvalue weighted by molar-refractivity contribution is 5.61. The predicted molar refractivity (Wildman–Crippen MR) is 84.5 cm³/mol. The van der Waals surface area contributed by atoms with Crippen molar-refractivity contribution in [2.45, 2.75) is 51.9 Å². The minimum Gasteiger partial charge on any atom is -0.244 e. The molecule has 0 saturated carbocycles. The van der Waals surface area contributed by atoms with Crippen LogP contribution in [0, 0.1) is 0 Å². The largest absolute Gasteiger partial charge is 0.244 e. The maximum Gasteiger partial charge on any atom is 0.115 e. The third-order valence-corrected chi connectivity index (χ3v) is 3.67. The van der Waals surface area contributed by atoms with Crippen molar-refractivity contribution in [2.75, 3.05) is 0 Å².